The van der Waals surface area contributed by atoms with E-state index in [1.54, 1.807) is 0 Å². The molecule has 1 aromatic rings. The van der Waals surface area contributed by atoms with Crippen LogP contribution in [0.3, 0.4) is 0 Å². The summed E-state index contributed by atoms with van der Waals surface area (Å²) in [4.78, 5) is 11.7. The first-order valence-electron chi connectivity index (χ1n) is 5.82. The fourth-order valence-electron chi connectivity index (χ4n) is 2.12. The predicted octanol–water partition coefficient (Wildman–Crippen LogP) is 2.12. The second-order valence-electron chi connectivity index (χ2n) is 4.21. The minimum absolute atomic E-state index is 0.160. The molecule has 1 atom stereocenters. The van der Waals surface area contributed by atoms with E-state index in [2.05, 4.69) is 4.74 Å². The van der Waals surface area contributed by atoms with Gasteiger partial charge < -0.3 is 4.74 Å². The number of rotatable bonds is 3. The van der Waals surface area contributed by atoms with E-state index < -0.39 is 22.0 Å². The third-order valence-corrected chi connectivity index (χ3v) is 6.65. The highest BCUT2D eigenvalue weighted by atomic mass is 35.5. The maximum Gasteiger partial charge on any atom is 0.324 e. The van der Waals surface area contributed by atoms with Gasteiger partial charge in [-0.3, -0.25) is 4.79 Å². The Hall–Kier alpha value is -0.630. The molecule has 19 heavy (non-hydrogen) atoms. The van der Waals surface area contributed by atoms with E-state index in [0.717, 1.165) is 24.2 Å². The SMILES string of the molecule is COC(=O)C1CCCCN1S(=O)(=O)c1ccc(Cl)s1. The minimum Gasteiger partial charge on any atom is -0.468 e. The van der Waals surface area contributed by atoms with Crippen molar-refractivity contribution in [1.82, 2.24) is 4.31 Å². The molecule has 2 heterocycles. The molecule has 2 rings (SSSR count). The third-order valence-electron chi connectivity index (χ3n) is 3.04. The topological polar surface area (TPSA) is 63.7 Å². The molecule has 1 unspecified atom stereocenters. The standard InChI is InChI=1S/C11H14ClNO4S2/c1-17-11(14)8-4-2-3-7-13(8)19(15,16)10-6-5-9(12)18-10/h5-6,8H,2-4,7H2,1H3. The Bertz CT molecular complexity index is 569. The first-order chi connectivity index (χ1) is 8.96. The van der Waals surface area contributed by atoms with Gasteiger partial charge in [0.25, 0.3) is 10.0 Å². The quantitative estimate of drug-likeness (QED) is 0.799. The molecule has 1 saturated heterocycles. The van der Waals surface area contributed by atoms with Gasteiger partial charge in [-0.25, -0.2) is 8.42 Å². The largest absolute Gasteiger partial charge is 0.468 e. The number of carbonyl (C=O) groups excluding carboxylic acids is 1. The van der Waals surface area contributed by atoms with Crippen LogP contribution in [0.5, 0.6) is 0 Å². The average Bonchev–Trinajstić information content (AvgIpc) is 2.85. The number of ether oxygens (including phenoxy) is 1. The molecule has 1 aromatic heterocycles. The van der Waals surface area contributed by atoms with Gasteiger partial charge in [0, 0.05) is 6.54 Å². The van der Waals surface area contributed by atoms with E-state index in [-0.39, 0.29) is 4.21 Å². The van der Waals surface area contributed by atoms with Gasteiger partial charge in [-0.05, 0) is 31.4 Å². The summed E-state index contributed by atoms with van der Waals surface area (Å²) >= 11 is 6.77. The molecule has 8 heteroatoms. The molecule has 0 saturated carbocycles. The lowest BCUT2D eigenvalue weighted by Crippen LogP contribution is -2.48. The van der Waals surface area contributed by atoms with Gasteiger partial charge in [0.2, 0.25) is 0 Å². The summed E-state index contributed by atoms with van der Waals surface area (Å²) in [6, 6.07) is 2.27. The fraction of sp³-hybridized carbons (Fsp3) is 0.545. The molecule has 0 N–H and O–H groups in total. The van der Waals surface area contributed by atoms with Gasteiger partial charge in [0.15, 0.2) is 0 Å². The Morgan fingerprint density at radius 2 is 2.21 bits per heavy atom. The van der Waals surface area contributed by atoms with Crippen LogP contribution in [0.25, 0.3) is 0 Å². The van der Waals surface area contributed by atoms with E-state index >= 15 is 0 Å². The molecule has 0 bridgehead atoms. The first kappa shape index (κ1) is 14.8. The van der Waals surface area contributed by atoms with Crippen LogP contribution in [0, 0.1) is 0 Å². The van der Waals surface area contributed by atoms with Crippen molar-refractivity contribution in [3.8, 4) is 0 Å². The van der Waals surface area contributed by atoms with E-state index in [4.69, 9.17) is 11.6 Å². The number of halogens is 1. The van der Waals surface area contributed by atoms with Crippen LogP contribution in [0.2, 0.25) is 4.34 Å². The Kier molecular flexibility index (Phi) is 4.50. The maximum atomic E-state index is 12.5. The Labute approximate surface area is 121 Å². The molecular formula is C11H14ClNO4S2. The monoisotopic (exact) mass is 323 g/mol. The lowest BCUT2D eigenvalue weighted by molar-refractivity contribution is -0.146. The van der Waals surface area contributed by atoms with Crippen molar-refractivity contribution in [3.63, 3.8) is 0 Å². The second kappa shape index (κ2) is 5.78. The molecule has 0 aliphatic carbocycles. The lowest BCUT2D eigenvalue weighted by Gasteiger charge is -2.32. The van der Waals surface area contributed by atoms with Crippen LogP contribution in [0.4, 0.5) is 0 Å². The average molecular weight is 324 g/mol. The number of sulfonamides is 1. The number of hydrogen-bond acceptors (Lipinski definition) is 5. The number of carbonyl (C=O) groups is 1. The van der Waals surface area contributed by atoms with Gasteiger partial charge in [-0.15, -0.1) is 11.3 Å². The van der Waals surface area contributed by atoms with Crippen molar-refractivity contribution in [2.75, 3.05) is 13.7 Å². The van der Waals surface area contributed by atoms with E-state index in [1.165, 1.54) is 23.5 Å². The smallest absolute Gasteiger partial charge is 0.324 e. The van der Waals surface area contributed by atoms with Crippen molar-refractivity contribution in [1.29, 1.82) is 0 Å². The van der Waals surface area contributed by atoms with Gasteiger partial charge in [0.1, 0.15) is 10.3 Å². The van der Waals surface area contributed by atoms with Crippen LogP contribution in [0.15, 0.2) is 16.3 Å². The van der Waals surface area contributed by atoms with Crippen molar-refractivity contribution >= 4 is 38.9 Å². The van der Waals surface area contributed by atoms with Gasteiger partial charge >= 0.3 is 5.97 Å². The van der Waals surface area contributed by atoms with Crippen LogP contribution >= 0.6 is 22.9 Å². The zero-order valence-corrected chi connectivity index (χ0v) is 12.7. The number of methoxy groups -OCH3 is 1. The Morgan fingerprint density at radius 1 is 1.47 bits per heavy atom. The number of thiophene rings is 1. The maximum absolute atomic E-state index is 12.5. The number of hydrogen-bond donors (Lipinski definition) is 0. The lowest BCUT2D eigenvalue weighted by atomic mass is 10.1. The molecule has 0 aromatic carbocycles. The molecule has 0 amide bonds. The summed E-state index contributed by atoms with van der Waals surface area (Å²) < 4.78 is 31.5. The van der Waals surface area contributed by atoms with E-state index in [9.17, 15) is 13.2 Å². The molecule has 1 aliphatic heterocycles. The fourth-order valence-corrected chi connectivity index (χ4v) is 5.38. The van der Waals surface area contributed by atoms with Crippen molar-refractivity contribution in [3.05, 3.63) is 16.5 Å². The van der Waals surface area contributed by atoms with Crippen LogP contribution in [-0.4, -0.2) is 38.4 Å². The zero-order valence-electron chi connectivity index (χ0n) is 10.3. The number of nitrogens with zero attached hydrogens (tertiary/aromatic N) is 1. The molecule has 0 spiro atoms. The van der Waals surface area contributed by atoms with E-state index in [1.807, 2.05) is 0 Å². The zero-order chi connectivity index (χ0) is 14.0. The van der Waals surface area contributed by atoms with Crippen molar-refractivity contribution < 1.29 is 17.9 Å². The minimum atomic E-state index is -3.68. The summed E-state index contributed by atoms with van der Waals surface area (Å²) in [5.74, 6) is -0.508. The van der Waals surface area contributed by atoms with Crippen molar-refractivity contribution in [2.24, 2.45) is 0 Å². The number of piperidine rings is 1. The normalized spacial score (nSPS) is 21.3. The molecular weight excluding hydrogens is 310 g/mol. The Morgan fingerprint density at radius 3 is 2.79 bits per heavy atom. The Balaban J connectivity index is 2.34. The third kappa shape index (κ3) is 2.94. The highest BCUT2D eigenvalue weighted by molar-refractivity contribution is 7.91. The van der Waals surface area contributed by atoms with Crippen LogP contribution in [0.1, 0.15) is 19.3 Å². The summed E-state index contributed by atoms with van der Waals surface area (Å²) in [5, 5.41) is 0. The summed E-state index contributed by atoms with van der Waals surface area (Å²) in [6.07, 6.45) is 2.05. The van der Waals surface area contributed by atoms with Gasteiger partial charge in [0.05, 0.1) is 11.4 Å². The molecule has 1 aliphatic rings. The van der Waals surface area contributed by atoms with Crippen LogP contribution in [-0.2, 0) is 19.6 Å². The summed E-state index contributed by atoms with van der Waals surface area (Å²) in [6.45, 7) is 0.331. The molecule has 5 nitrogen and oxygen atoms in total. The molecule has 0 radical (unpaired) electrons. The summed E-state index contributed by atoms with van der Waals surface area (Å²) in [5.41, 5.74) is 0. The number of esters is 1. The highest BCUT2D eigenvalue weighted by Crippen LogP contribution is 2.31. The summed E-state index contributed by atoms with van der Waals surface area (Å²) in [7, 11) is -2.41. The van der Waals surface area contributed by atoms with Gasteiger partial charge in [-0.1, -0.05) is 11.6 Å². The molecule has 106 valence electrons. The van der Waals surface area contributed by atoms with Crippen molar-refractivity contribution in [2.45, 2.75) is 29.5 Å². The van der Waals surface area contributed by atoms with Gasteiger partial charge in [-0.2, -0.15) is 4.31 Å². The first-order valence-corrected chi connectivity index (χ1v) is 8.45. The molecule has 1 fully saturated rings. The van der Waals surface area contributed by atoms with Crippen LogP contribution < -0.4 is 0 Å². The van der Waals surface area contributed by atoms with E-state index in [0.29, 0.717) is 17.3 Å². The highest BCUT2D eigenvalue weighted by Gasteiger charge is 2.38. The predicted molar refractivity (Wildman–Crippen MR) is 72.9 cm³/mol. The second-order valence-corrected chi connectivity index (χ2v) is 8.04.